The Morgan fingerprint density at radius 1 is 1.22 bits per heavy atom. The minimum absolute atomic E-state index is 0.160. The molecule has 194 valence electrons. The van der Waals surface area contributed by atoms with Gasteiger partial charge in [0.05, 0.1) is 24.0 Å². The van der Waals surface area contributed by atoms with Gasteiger partial charge in [-0.05, 0) is 45.7 Å². The quantitative estimate of drug-likeness (QED) is 0.407. The zero-order valence-corrected chi connectivity index (χ0v) is 22.3. The lowest BCUT2D eigenvalue weighted by atomic mass is 9.79. The van der Waals surface area contributed by atoms with E-state index in [1.54, 1.807) is 11.1 Å². The molecule has 0 saturated carbocycles. The van der Waals surface area contributed by atoms with Crippen LogP contribution in [0.1, 0.15) is 32.8 Å². The number of sulfone groups is 1. The molecule has 0 bridgehead atoms. The van der Waals surface area contributed by atoms with E-state index in [-0.39, 0.29) is 28.0 Å². The first kappa shape index (κ1) is 25.0. The van der Waals surface area contributed by atoms with Crippen LogP contribution in [0.5, 0.6) is 0 Å². The molecule has 3 aromatic rings. The molecule has 1 spiro atoms. The summed E-state index contributed by atoms with van der Waals surface area (Å²) in [6, 6.07) is 3.77. The molecule has 0 unspecified atom stereocenters. The second-order valence-electron chi connectivity index (χ2n) is 11.0. The second-order valence-corrected chi connectivity index (χ2v) is 12.9. The van der Waals surface area contributed by atoms with E-state index in [1.165, 1.54) is 0 Å². The van der Waals surface area contributed by atoms with E-state index >= 15 is 0 Å². The highest BCUT2D eigenvalue weighted by molar-refractivity contribution is 7.90. The van der Waals surface area contributed by atoms with E-state index in [9.17, 15) is 13.2 Å². The molecule has 5 rings (SSSR count). The first-order valence-electron chi connectivity index (χ1n) is 12.0. The van der Waals surface area contributed by atoms with Gasteiger partial charge in [-0.2, -0.15) is 5.10 Å². The smallest absolute Gasteiger partial charge is 0.410 e. The molecular formula is C25H29N7O4S. The number of amides is 1. The van der Waals surface area contributed by atoms with Crippen molar-refractivity contribution in [2.45, 2.75) is 44.9 Å². The van der Waals surface area contributed by atoms with Crippen LogP contribution < -0.4 is 4.90 Å². The predicted molar refractivity (Wildman–Crippen MR) is 138 cm³/mol. The van der Waals surface area contributed by atoms with E-state index in [0.717, 1.165) is 29.1 Å². The van der Waals surface area contributed by atoms with Crippen molar-refractivity contribution in [1.29, 1.82) is 0 Å². The third-order valence-corrected chi connectivity index (χ3v) is 7.65. The zero-order valence-electron chi connectivity index (χ0n) is 21.5. The van der Waals surface area contributed by atoms with Crippen LogP contribution in [0.4, 0.5) is 16.3 Å². The standard InChI is InChI=1S/C25H29N7O4S/c1-15-7-8-17-16(11-27-30-17)18(15)19-20(26-5)21(29-22(28-19)37(6,34)35)31-10-9-25(12-31)13-32(14-25)23(33)36-24(2,3)4/h7-8,11H,9-10,12-14H2,1-4,6H3,(H,27,30). The van der Waals surface area contributed by atoms with E-state index < -0.39 is 15.4 Å². The summed E-state index contributed by atoms with van der Waals surface area (Å²) in [6.07, 6.45) is 3.16. The van der Waals surface area contributed by atoms with Gasteiger partial charge in [-0.3, -0.25) is 5.10 Å². The SMILES string of the molecule is [C-]#[N+]c1c(-c2c(C)ccc3[nH]ncc23)nc(S(C)(=O)=O)nc1N1CCC2(CN(C(=O)OC(C)(C)C)C2)C1. The topological polar surface area (TPSA) is 126 Å². The molecule has 2 aliphatic heterocycles. The molecule has 37 heavy (non-hydrogen) atoms. The highest BCUT2D eigenvalue weighted by atomic mass is 32.2. The Balaban J connectivity index is 1.54. The zero-order chi connectivity index (χ0) is 26.8. The minimum atomic E-state index is -3.77. The largest absolute Gasteiger partial charge is 0.444 e. The van der Waals surface area contributed by atoms with Crippen LogP contribution in [-0.2, 0) is 14.6 Å². The normalized spacial score (nSPS) is 17.2. The highest BCUT2D eigenvalue weighted by Crippen LogP contribution is 2.46. The molecule has 0 aliphatic carbocycles. The number of hydrogen-bond acceptors (Lipinski definition) is 8. The molecular weight excluding hydrogens is 494 g/mol. The number of nitrogens with zero attached hydrogens (tertiary/aromatic N) is 6. The van der Waals surface area contributed by atoms with Gasteiger partial charge < -0.3 is 14.5 Å². The molecule has 1 N–H and O–H groups in total. The Labute approximate surface area is 215 Å². The lowest BCUT2D eigenvalue weighted by Gasteiger charge is -2.47. The van der Waals surface area contributed by atoms with Crippen molar-refractivity contribution in [3.63, 3.8) is 0 Å². The first-order valence-corrected chi connectivity index (χ1v) is 13.8. The summed E-state index contributed by atoms with van der Waals surface area (Å²) in [7, 11) is -3.77. The average molecular weight is 524 g/mol. The first-order chi connectivity index (χ1) is 17.3. The van der Waals surface area contributed by atoms with Crippen LogP contribution in [0.25, 0.3) is 27.0 Å². The number of likely N-dealkylation sites (tertiary alicyclic amines) is 1. The molecule has 2 aromatic heterocycles. The van der Waals surface area contributed by atoms with Crippen LogP contribution in [0.15, 0.2) is 23.5 Å². The maximum atomic E-state index is 12.6. The summed E-state index contributed by atoms with van der Waals surface area (Å²) in [6.45, 7) is 17.6. The van der Waals surface area contributed by atoms with E-state index in [2.05, 4.69) is 25.0 Å². The van der Waals surface area contributed by atoms with E-state index in [4.69, 9.17) is 11.3 Å². The number of benzene rings is 1. The van der Waals surface area contributed by atoms with Crippen LogP contribution >= 0.6 is 0 Å². The van der Waals surface area contributed by atoms with Crippen molar-refractivity contribution in [3.05, 3.63) is 35.3 Å². The van der Waals surface area contributed by atoms with E-state index in [0.29, 0.717) is 37.6 Å². The number of aromatic amines is 1. The lowest BCUT2D eigenvalue weighted by molar-refractivity contribution is -0.0266. The van der Waals surface area contributed by atoms with Gasteiger partial charge in [0.25, 0.3) is 5.69 Å². The number of ether oxygens (including phenoxy) is 1. The Bertz CT molecular complexity index is 1560. The summed E-state index contributed by atoms with van der Waals surface area (Å²) in [5.41, 5.74) is 2.00. The number of anilines is 1. The fraction of sp³-hybridized carbons (Fsp3) is 0.480. The summed E-state index contributed by atoms with van der Waals surface area (Å²) in [4.78, 5) is 28.7. The Kier molecular flexibility index (Phi) is 5.67. The fourth-order valence-electron chi connectivity index (χ4n) is 5.12. The van der Waals surface area contributed by atoms with Crippen molar-refractivity contribution in [2.75, 3.05) is 37.3 Å². The number of aromatic nitrogens is 4. The molecule has 0 atom stereocenters. The highest BCUT2D eigenvalue weighted by Gasteiger charge is 2.51. The van der Waals surface area contributed by atoms with Crippen molar-refractivity contribution < 1.29 is 17.9 Å². The van der Waals surface area contributed by atoms with Crippen molar-refractivity contribution >= 4 is 38.3 Å². The third-order valence-electron chi connectivity index (χ3n) is 6.80. The monoisotopic (exact) mass is 523 g/mol. The molecule has 2 fully saturated rings. The predicted octanol–water partition coefficient (Wildman–Crippen LogP) is 3.73. The molecule has 11 nitrogen and oxygen atoms in total. The van der Waals surface area contributed by atoms with Gasteiger partial charge in [-0.25, -0.2) is 28.0 Å². The number of hydrogen-bond donors (Lipinski definition) is 1. The van der Waals surface area contributed by atoms with Gasteiger partial charge in [0, 0.05) is 48.8 Å². The van der Waals surface area contributed by atoms with Gasteiger partial charge in [-0.15, -0.1) is 0 Å². The third kappa shape index (κ3) is 4.48. The Morgan fingerprint density at radius 2 is 1.95 bits per heavy atom. The van der Waals surface area contributed by atoms with Crippen LogP contribution in [0.3, 0.4) is 0 Å². The summed E-state index contributed by atoms with van der Waals surface area (Å²) in [5, 5.41) is 7.46. The molecule has 2 aliphatic rings. The average Bonchev–Trinajstić information content (AvgIpc) is 3.43. The molecule has 4 heterocycles. The summed E-state index contributed by atoms with van der Waals surface area (Å²) >= 11 is 0. The molecule has 12 heteroatoms. The van der Waals surface area contributed by atoms with Gasteiger partial charge in [0.15, 0.2) is 0 Å². The van der Waals surface area contributed by atoms with E-state index in [1.807, 2.05) is 44.7 Å². The van der Waals surface area contributed by atoms with Crippen LogP contribution in [0.2, 0.25) is 0 Å². The van der Waals surface area contributed by atoms with Gasteiger partial charge in [0.2, 0.25) is 15.0 Å². The minimum Gasteiger partial charge on any atom is -0.444 e. The van der Waals surface area contributed by atoms with Gasteiger partial charge >= 0.3 is 6.09 Å². The van der Waals surface area contributed by atoms with Crippen LogP contribution in [0, 0.1) is 18.9 Å². The van der Waals surface area contributed by atoms with Crippen LogP contribution in [-0.4, -0.2) is 77.6 Å². The second kappa shape index (κ2) is 8.41. The molecule has 1 amide bonds. The number of fused-ring (bicyclic) bond motifs is 1. The molecule has 1 aromatic carbocycles. The van der Waals surface area contributed by atoms with Crippen molar-refractivity contribution in [2.24, 2.45) is 5.41 Å². The Hall–Kier alpha value is -3.72. The number of nitrogens with one attached hydrogen (secondary N) is 1. The summed E-state index contributed by atoms with van der Waals surface area (Å²) in [5.74, 6) is 0.299. The number of rotatable bonds is 3. The molecule has 2 saturated heterocycles. The van der Waals surface area contributed by atoms with Crippen molar-refractivity contribution in [1.82, 2.24) is 25.1 Å². The number of H-pyrrole nitrogens is 1. The maximum absolute atomic E-state index is 12.6. The number of carbonyl (C=O) groups excluding carboxylic acids is 1. The van der Waals surface area contributed by atoms with Crippen molar-refractivity contribution in [3.8, 4) is 11.3 Å². The lowest BCUT2D eigenvalue weighted by Crippen LogP contribution is -2.60. The van der Waals surface area contributed by atoms with Gasteiger partial charge in [-0.1, -0.05) is 6.07 Å². The number of carbonyl (C=O) groups is 1. The molecule has 0 radical (unpaired) electrons. The maximum Gasteiger partial charge on any atom is 0.410 e. The fourth-order valence-corrected chi connectivity index (χ4v) is 5.63. The summed E-state index contributed by atoms with van der Waals surface area (Å²) < 4.78 is 30.7. The number of aryl methyl sites for hydroxylation is 1. The Morgan fingerprint density at radius 3 is 2.59 bits per heavy atom. The van der Waals surface area contributed by atoms with Gasteiger partial charge in [0.1, 0.15) is 11.4 Å².